The third kappa shape index (κ3) is 4.87. The fourth-order valence-corrected chi connectivity index (χ4v) is 1.69. The van der Waals surface area contributed by atoms with Crippen LogP contribution >= 0.6 is 15.9 Å². The van der Waals surface area contributed by atoms with E-state index in [0.717, 1.165) is 4.47 Å². The van der Waals surface area contributed by atoms with E-state index in [2.05, 4.69) is 27.3 Å². The lowest BCUT2D eigenvalue weighted by atomic mass is 9.90. The molecule has 0 spiro atoms. The molecule has 0 aromatic heterocycles. The monoisotopic (exact) mass is 352 g/mol. The van der Waals surface area contributed by atoms with Crippen LogP contribution in [0.25, 0.3) is 0 Å². The van der Waals surface area contributed by atoms with Crippen LogP contribution in [0.15, 0.2) is 28.7 Å². The van der Waals surface area contributed by atoms with Crippen LogP contribution in [0.1, 0.15) is 31.1 Å². The molecule has 0 heterocycles. The Labute approximate surface area is 132 Å². The van der Waals surface area contributed by atoms with Crippen LogP contribution in [0.2, 0.25) is 0 Å². The maximum atomic E-state index is 11.8. The highest BCUT2D eigenvalue weighted by molar-refractivity contribution is 9.10. The number of carbonyl (C=O) groups excluding carboxylic acids is 2. The van der Waals surface area contributed by atoms with Gasteiger partial charge in [0.1, 0.15) is 5.54 Å². The van der Waals surface area contributed by atoms with Gasteiger partial charge in [0.2, 0.25) is 0 Å². The first-order chi connectivity index (χ1) is 9.78. The van der Waals surface area contributed by atoms with Crippen molar-refractivity contribution in [2.45, 2.75) is 26.3 Å². The van der Waals surface area contributed by atoms with E-state index in [1.807, 2.05) is 13.8 Å². The molecule has 0 aliphatic rings. The summed E-state index contributed by atoms with van der Waals surface area (Å²) in [7, 11) is 0. The largest absolute Gasteiger partial charge is 0.452 e. The van der Waals surface area contributed by atoms with Crippen molar-refractivity contribution in [3.05, 3.63) is 34.3 Å². The van der Waals surface area contributed by atoms with Gasteiger partial charge in [-0.25, -0.2) is 4.79 Å². The second kappa shape index (κ2) is 7.23. The van der Waals surface area contributed by atoms with E-state index in [-0.39, 0.29) is 5.92 Å². The number of benzene rings is 1. The highest BCUT2D eigenvalue weighted by atomic mass is 79.9. The molecule has 0 fully saturated rings. The second-order valence-electron chi connectivity index (χ2n) is 5.10. The molecular weight excluding hydrogens is 336 g/mol. The molecule has 21 heavy (non-hydrogen) atoms. The summed E-state index contributed by atoms with van der Waals surface area (Å²) in [4.78, 5) is 23.5. The Hall–Kier alpha value is -1.87. The van der Waals surface area contributed by atoms with Gasteiger partial charge in [0.05, 0.1) is 11.6 Å². The molecule has 6 heteroatoms. The Morgan fingerprint density at radius 1 is 1.38 bits per heavy atom. The number of hydrogen-bond donors (Lipinski definition) is 1. The highest BCUT2D eigenvalue weighted by Crippen LogP contribution is 2.15. The minimum absolute atomic E-state index is 0.0615. The van der Waals surface area contributed by atoms with Gasteiger partial charge in [-0.3, -0.25) is 4.79 Å². The number of nitriles is 1. The number of nitrogens with one attached hydrogen (secondary N) is 1. The van der Waals surface area contributed by atoms with Crippen LogP contribution < -0.4 is 5.32 Å². The van der Waals surface area contributed by atoms with Crippen molar-refractivity contribution >= 4 is 27.8 Å². The highest BCUT2D eigenvalue weighted by Gasteiger charge is 2.30. The topological polar surface area (TPSA) is 79.2 Å². The van der Waals surface area contributed by atoms with Gasteiger partial charge in [0.25, 0.3) is 5.91 Å². The minimum atomic E-state index is -0.985. The SMILES string of the molecule is CC(C)[C@@](C)(C#N)NC(=O)COC(=O)c1ccc(Br)cc1. The molecule has 0 radical (unpaired) electrons. The van der Waals surface area contributed by atoms with Crippen molar-refractivity contribution in [1.29, 1.82) is 5.26 Å². The lowest BCUT2D eigenvalue weighted by Crippen LogP contribution is -2.50. The third-order valence-electron chi connectivity index (χ3n) is 3.20. The van der Waals surface area contributed by atoms with Crippen molar-refractivity contribution in [2.24, 2.45) is 5.92 Å². The smallest absolute Gasteiger partial charge is 0.338 e. The molecule has 1 atom stereocenters. The Bertz CT molecular complexity index is 563. The van der Waals surface area contributed by atoms with E-state index in [1.165, 1.54) is 0 Å². The average Bonchev–Trinajstić information content (AvgIpc) is 2.45. The quantitative estimate of drug-likeness (QED) is 0.826. The molecule has 1 rings (SSSR count). The molecule has 0 unspecified atom stereocenters. The van der Waals surface area contributed by atoms with Gasteiger partial charge in [-0.15, -0.1) is 0 Å². The maximum absolute atomic E-state index is 11.8. The van der Waals surface area contributed by atoms with Gasteiger partial charge >= 0.3 is 5.97 Å². The Morgan fingerprint density at radius 2 is 1.95 bits per heavy atom. The normalized spacial score (nSPS) is 13.1. The van der Waals surface area contributed by atoms with E-state index < -0.39 is 24.0 Å². The van der Waals surface area contributed by atoms with Crippen molar-refractivity contribution in [1.82, 2.24) is 5.32 Å². The summed E-state index contributed by atoms with van der Waals surface area (Å²) in [5.41, 5.74) is -0.626. The lowest BCUT2D eigenvalue weighted by molar-refractivity contribution is -0.125. The number of amides is 1. The molecule has 0 aliphatic carbocycles. The van der Waals surface area contributed by atoms with E-state index in [9.17, 15) is 9.59 Å². The summed E-state index contributed by atoms with van der Waals surface area (Å²) in [5, 5.41) is 11.7. The van der Waals surface area contributed by atoms with Crippen LogP contribution in [-0.4, -0.2) is 24.0 Å². The van der Waals surface area contributed by atoms with Crippen LogP contribution in [0.4, 0.5) is 0 Å². The Morgan fingerprint density at radius 3 is 2.43 bits per heavy atom. The van der Waals surface area contributed by atoms with Crippen LogP contribution in [0.5, 0.6) is 0 Å². The van der Waals surface area contributed by atoms with Crippen molar-refractivity contribution < 1.29 is 14.3 Å². The molecule has 0 saturated carbocycles. The summed E-state index contributed by atoms with van der Waals surface area (Å²) in [6, 6.07) is 8.67. The summed E-state index contributed by atoms with van der Waals surface area (Å²) >= 11 is 3.26. The summed E-state index contributed by atoms with van der Waals surface area (Å²) in [5.74, 6) is -1.15. The average molecular weight is 353 g/mol. The van der Waals surface area contributed by atoms with Gasteiger partial charge in [-0.2, -0.15) is 5.26 Å². The predicted octanol–water partition coefficient (Wildman–Crippen LogP) is 2.66. The fourth-order valence-electron chi connectivity index (χ4n) is 1.43. The zero-order valence-corrected chi connectivity index (χ0v) is 13.7. The summed E-state index contributed by atoms with van der Waals surface area (Å²) < 4.78 is 5.77. The molecule has 1 aromatic rings. The summed E-state index contributed by atoms with van der Waals surface area (Å²) in [6.45, 7) is 4.87. The molecule has 1 amide bonds. The second-order valence-corrected chi connectivity index (χ2v) is 6.02. The first kappa shape index (κ1) is 17.2. The lowest BCUT2D eigenvalue weighted by Gasteiger charge is -2.27. The number of carbonyl (C=O) groups is 2. The van der Waals surface area contributed by atoms with Crippen LogP contribution in [0.3, 0.4) is 0 Å². The molecule has 1 N–H and O–H groups in total. The maximum Gasteiger partial charge on any atom is 0.338 e. The molecule has 5 nitrogen and oxygen atoms in total. The molecular formula is C15H17BrN2O3. The van der Waals surface area contributed by atoms with Gasteiger partial charge in [0, 0.05) is 4.47 Å². The van der Waals surface area contributed by atoms with Gasteiger partial charge < -0.3 is 10.1 Å². The number of rotatable bonds is 5. The molecule has 0 bridgehead atoms. The summed E-state index contributed by atoms with van der Waals surface area (Å²) in [6.07, 6.45) is 0. The van der Waals surface area contributed by atoms with Crippen molar-refractivity contribution in [3.8, 4) is 6.07 Å². The molecule has 1 aromatic carbocycles. The van der Waals surface area contributed by atoms with Crippen molar-refractivity contribution in [3.63, 3.8) is 0 Å². The Balaban J connectivity index is 2.55. The van der Waals surface area contributed by atoms with Crippen LogP contribution in [-0.2, 0) is 9.53 Å². The third-order valence-corrected chi connectivity index (χ3v) is 3.73. The van der Waals surface area contributed by atoms with E-state index >= 15 is 0 Å². The zero-order chi connectivity index (χ0) is 16.0. The first-order valence-corrected chi connectivity index (χ1v) is 7.22. The van der Waals surface area contributed by atoms with E-state index in [4.69, 9.17) is 10.00 Å². The number of ether oxygens (including phenoxy) is 1. The van der Waals surface area contributed by atoms with Crippen molar-refractivity contribution in [2.75, 3.05) is 6.61 Å². The number of halogens is 1. The Kier molecular flexibility index (Phi) is 5.91. The van der Waals surface area contributed by atoms with Gasteiger partial charge in [-0.1, -0.05) is 29.8 Å². The van der Waals surface area contributed by atoms with Gasteiger partial charge in [0.15, 0.2) is 6.61 Å². The van der Waals surface area contributed by atoms with Gasteiger partial charge in [-0.05, 0) is 37.1 Å². The minimum Gasteiger partial charge on any atom is -0.452 e. The molecule has 112 valence electrons. The predicted molar refractivity (Wildman–Crippen MR) is 81.4 cm³/mol. The van der Waals surface area contributed by atoms with Crippen LogP contribution in [0, 0.1) is 17.2 Å². The van der Waals surface area contributed by atoms with E-state index in [0.29, 0.717) is 5.56 Å². The number of hydrogen-bond acceptors (Lipinski definition) is 4. The zero-order valence-electron chi connectivity index (χ0n) is 12.1. The molecule has 0 aliphatic heterocycles. The van der Waals surface area contributed by atoms with E-state index in [1.54, 1.807) is 31.2 Å². The number of esters is 1. The standard InChI is InChI=1S/C15H17BrN2O3/c1-10(2)15(3,9-17)18-13(19)8-21-14(20)11-4-6-12(16)7-5-11/h4-7,10H,8H2,1-3H3,(H,18,19)/t15-/m1/s1. The fraction of sp³-hybridized carbons (Fsp3) is 0.400. The first-order valence-electron chi connectivity index (χ1n) is 6.43. The number of nitrogens with zero attached hydrogens (tertiary/aromatic N) is 1. The molecule has 0 saturated heterocycles.